The van der Waals surface area contributed by atoms with Crippen molar-refractivity contribution in [2.24, 2.45) is 11.1 Å². The molecule has 1 aromatic carbocycles. The number of aromatic nitrogens is 3. The van der Waals surface area contributed by atoms with Crippen LogP contribution in [0.25, 0.3) is 11.3 Å². The summed E-state index contributed by atoms with van der Waals surface area (Å²) in [5.41, 5.74) is 0.637. The third-order valence-corrected chi connectivity index (χ3v) is 7.61. The highest BCUT2D eigenvalue weighted by Gasteiger charge is 2.50. The van der Waals surface area contributed by atoms with Crippen LogP contribution in [0.1, 0.15) is 31.7 Å². The number of aliphatic hydroxyl groups excluding tert-OH is 1. The first-order valence-corrected chi connectivity index (χ1v) is 12.8. The first-order chi connectivity index (χ1) is 18.9. The average molecular weight is 554 g/mol. The Morgan fingerprint density at radius 1 is 1.18 bits per heavy atom. The minimum atomic E-state index is -1.63. The zero-order valence-electron chi connectivity index (χ0n) is 21.2. The normalized spacial score (nSPS) is 29.6. The third kappa shape index (κ3) is 5.51. The van der Waals surface area contributed by atoms with E-state index in [9.17, 15) is 23.1 Å². The summed E-state index contributed by atoms with van der Waals surface area (Å²) < 4.78 is 60.2. The SMILES string of the molecule is CO[C@@H]1[C@H](n2cc(-c3ccc(F)c(F)c3F)nn2)[C@@H](OC=O)[C@@H](CO)O[C@@H]1CC1CC(C2CCNCC2)=NO1. The molecule has 39 heavy (non-hydrogen) atoms. The summed E-state index contributed by atoms with van der Waals surface area (Å²) in [7, 11) is 1.45. The highest BCUT2D eigenvalue weighted by atomic mass is 19.2. The van der Waals surface area contributed by atoms with E-state index in [0.29, 0.717) is 18.8 Å². The Morgan fingerprint density at radius 2 is 1.97 bits per heavy atom. The van der Waals surface area contributed by atoms with Crippen LogP contribution in [-0.4, -0.2) is 89.6 Å². The molecule has 0 saturated carbocycles. The average Bonchev–Trinajstić information content (AvgIpc) is 3.63. The number of carbonyl (C=O) groups excluding carboxylic acids is 1. The van der Waals surface area contributed by atoms with Crippen LogP contribution in [-0.2, 0) is 23.8 Å². The summed E-state index contributed by atoms with van der Waals surface area (Å²) in [4.78, 5) is 17.1. The summed E-state index contributed by atoms with van der Waals surface area (Å²) in [5, 5.41) is 25.7. The highest BCUT2D eigenvalue weighted by molar-refractivity contribution is 5.87. The molecule has 0 radical (unpaired) electrons. The van der Waals surface area contributed by atoms with Crippen molar-refractivity contribution in [3.63, 3.8) is 0 Å². The Kier molecular flexibility index (Phi) is 8.45. The van der Waals surface area contributed by atoms with Gasteiger partial charge in [0, 0.05) is 31.4 Å². The number of carbonyl (C=O) groups is 1. The van der Waals surface area contributed by atoms with Gasteiger partial charge >= 0.3 is 0 Å². The van der Waals surface area contributed by atoms with Gasteiger partial charge in [0.05, 0.1) is 24.6 Å². The smallest absolute Gasteiger partial charge is 0.293 e. The number of oxime groups is 1. The van der Waals surface area contributed by atoms with Crippen LogP contribution in [0.15, 0.2) is 23.5 Å². The second-order valence-electron chi connectivity index (χ2n) is 9.86. The zero-order chi connectivity index (χ0) is 27.5. The Labute approximate surface area is 222 Å². The number of hydrogen-bond donors (Lipinski definition) is 2. The summed E-state index contributed by atoms with van der Waals surface area (Å²) in [5.74, 6) is -4.02. The van der Waals surface area contributed by atoms with Crippen LogP contribution in [0, 0.1) is 23.4 Å². The number of nitrogens with one attached hydrogen (secondary N) is 1. The molecule has 6 atom stereocenters. The maximum atomic E-state index is 14.4. The fraction of sp³-hybridized carbons (Fsp3) is 0.600. The van der Waals surface area contributed by atoms with E-state index >= 15 is 0 Å². The van der Waals surface area contributed by atoms with Gasteiger partial charge in [-0.3, -0.25) is 4.79 Å². The van der Waals surface area contributed by atoms with Crippen molar-refractivity contribution in [1.29, 1.82) is 0 Å². The van der Waals surface area contributed by atoms with Crippen LogP contribution in [0.2, 0.25) is 0 Å². The van der Waals surface area contributed by atoms with Crippen molar-refractivity contribution in [3.8, 4) is 11.3 Å². The number of benzene rings is 1. The number of rotatable bonds is 9. The molecule has 0 spiro atoms. The van der Waals surface area contributed by atoms with Crippen molar-refractivity contribution in [2.75, 3.05) is 26.8 Å². The molecule has 2 N–H and O–H groups in total. The van der Waals surface area contributed by atoms with E-state index in [1.54, 1.807) is 0 Å². The number of hydrogen-bond acceptors (Lipinski definition) is 10. The maximum Gasteiger partial charge on any atom is 0.293 e. The lowest BCUT2D eigenvalue weighted by atomic mass is 9.86. The Balaban J connectivity index is 1.39. The van der Waals surface area contributed by atoms with Gasteiger partial charge < -0.3 is 29.5 Å². The minimum absolute atomic E-state index is 0.0752. The van der Waals surface area contributed by atoms with E-state index < -0.39 is 54.5 Å². The summed E-state index contributed by atoms with van der Waals surface area (Å²) in [6, 6.07) is 0.976. The molecule has 1 unspecified atom stereocenters. The molecule has 0 amide bonds. The monoisotopic (exact) mass is 553 g/mol. The van der Waals surface area contributed by atoms with E-state index in [-0.39, 0.29) is 23.8 Å². The topological polar surface area (TPSA) is 129 Å². The van der Waals surface area contributed by atoms with Gasteiger partial charge in [0.1, 0.15) is 30.0 Å². The molecule has 11 nitrogen and oxygen atoms in total. The fourth-order valence-corrected chi connectivity index (χ4v) is 5.67. The van der Waals surface area contributed by atoms with E-state index in [1.807, 2.05) is 0 Å². The molecule has 0 bridgehead atoms. The van der Waals surface area contributed by atoms with Gasteiger partial charge in [-0.2, -0.15) is 0 Å². The lowest BCUT2D eigenvalue weighted by molar-refractivity contribution is -0.225. The number of halogens is 3. The second-order valence-corrected chi connectivity index (χ2v) is 9.86. The molecule has 2 saturated heterocycles. The van der Waals surface area contributed by atoms with E-state index in [1.165, 1.54) is 18.0 Å². The lowest BCUT2D eigenvalue weighted by Gasteiger charge is -2.45. The van der Waals surface area contributed by atoms with Crippen LogP contribution in [0.5, 0.6) is 0 Å². The molecule has 3 aliphatic heterocycles. The molecule has 2 aromatic rings. The number of piperidine rings is 1. The predicted molar refractivity (Wildman–Crippen MR) is 129 cm³/mol. The van der Waals surface area contributed by atoms with Crippen LogP contribution >= 0.6 is 0 Å². The minimum Gasteiger partial charge on any atom is -0.459 e. The van der Waals surface area contributed by atoms with Crippen molar-refractivity contribution < 1.29 is 42.1 Å². The molecular weight excluding hydrogens is 523 g/mol. The number of ether oxygens (including phenoxy) is 3. The summed E-state index contributed by atoms with van der Waals surface area (Å²) >= 11 is 0. The van der Waals surface area contributed by atoms with Gasteiger partial charge in [-0.25, -0.2) is 17.9 Å². The van der Waals surface area contributed by atoms with Gasteiger partial charge in [-0.1, -0.05) is 10.4 Å². The Hall–Kier alpha value is -3.07. The molecule has 14 heteroatoms. The number of nitrogens with zero attached hydrogens (tertiary/aromatic N) is 4. The molecule has 0 aliphatic carbocycles. The lowest BCUT2D eigenvalue weighted by Crippen LogP contribution is -2.58. The highest BCUT2D eigenvalue weighted by Crippen LogP contribution is 2.37. The largest absolute Gasteiger partial charge is 0.459 e. The van der Waals surface area contributed by atoms with Gasteiger partial charge in [-0.15, -0.1) is 5.10 Å². The molecule has 1 aromatic heterocycles. The molecule has 5 rings (SSSR count). The third-order valence-electron chi connectivity index (χ3n) is 7.61. The van der Waals surface area contributed by atoms with Gasteiger partial charge in [0.2, 0.25) is 0 Å². The van der Waals surface area contributed by atoms with Crippen LogP contribution in [0.4, 0.5) is 13.2 Å². The molecule has 212 valence electrons. The maximum absolute atomic E-state index is 14.4. The van der Waals surface area contributed by atoms with Crippen molar-refractivity contribution in [2.45, 2.75) is 62.2 Å². The zero-order valence-corrected chi connectivity index (χ0v) is 21.2. The first kappa shape index (κ1) is 27.5. The van der Waals surface area contributed by atoms with E-state index in [2.05, 4.69) is 20.8 Å². The quantitative estimate of drug-likeness (QED) is 0.353. The number of aliphatic hydroxyl groups is 1. The fourth-order valence-electron chi connectivity index (χ4n) is 5.67. The first-order valence-electron chi connectivity index (χ1n) is 12.8. The number of methoxy groups -OCH3 is 1. The predicted octanol–water partition coefficient (Wildman–Crippen LogP) is 1.75. The van der Waals surface area contributed by atoms with Gasteiger partial charge in [0.25, 0.3) is 6.47 Å². The molecule has 3 aliphatic rings. The van der Waals surface area contributed by atoms with Crippen molar-refractivity contribution >= 4 is 12.2 Å². The second kappa shape index (κ2) is 12.0. The Bertz CT molecular complexity index is 1190. The molecule has 2 fully saturated rings. The van der Waals surface area contributed by atoms with Gasteiger partial charge in [0.15, 0.2) is 23.6 Å². The van der Waals surface area contributed by atoms with Gasteiger partial charge in [-0.05, 0) is 38.1 Å². The Morgan fingerprint density at radius 3 is 2.69 bits per heavy atom. The van der Waals surface area contributed by atoms with Crippen molar-refractivity contribution in [1.82, 2.24) is 20.3 Å². The molecular formula is C25H30F3N5O6. The van der Waals surface area contributed by atoms with Crippen molar-refractivity contribution in [3.05, 3.63) is 35.8 Å². The summed E-state index contributed by atoms with van der Waals surface area (Å²) in [6.45, 7) is 1.60. The standard InChI is InChI=1S/C25H30F3N5O6/c1-36-24-19(9-14-8-17(31-39-14)13-4-6-29-7-5-13)38-20(11-34)25(37-12-35)23(24)33-10-18(30-32-33)15-2-3-16(26)22(28)21(15)27/h2-3,10,12-14,19-20,23-25,29,34H,4-9,11H2,1H3/t14?,19-,20-,23+,24+,25+/m1/s1. The van der Waals surface area contributed by atoms with E-state index in [0.717, 1.165) is 43.8 Å². The molecule has 4 heterocycles. The van der Waals surface area contributed by atoms with Crippen LogP contribution < -0.4 is 5.32 Å². The van der Waals surface area contributed by atoms with E-state index in [4.69, 9.17) is 19.0 Å². The summed E-state index contributed by atoms with van der Waals surface area (Å²) in [6.07, 6.45) is 0.586. The van der Waals surface area contributed by atoms with Crippen LogP contribution in [0.3, 0.4) is 0 Å².